The maximum atomic E-state index is 13.2. The number of nitrogens with zero attached hydrogens (tertiary/aromatic N) is 1. The summed E-state index contributed by atoms with van der Waals surface area (Å²) in [5.41, 5.74) is 3.76. The van der Waals surface area contributed by atoms with Crippen LogP contribution in [-0.4, -0.2) is 52.3 Å². The third-order valence-corrected chi connectivity index (χ3v) is 6.56. The monoisotopic (exact) mass is 430 g/mol. The van der Waals surface area contributed by atoms with Gasteiger partial charge in [0.15, 0.2) is 0 Å². The number of aryl methyl sites for hydroxylation is 1. The summed E-state index contributed by atoms with van der Waals surface area (Å²) in [6.07, 6.45) is 3.67. The van der Waals surface area contributed by atoms with Crippen molar-refractivity contribution in [2.75, 3.05) is 6.54 Å². The van der Waals surface area contributed by atoms with Gasteiger partial charge >= 0.3 is 0 Å². The molecular weight excluding hydrogens is 404 g/mol. The summed E-state index contributed by atoms with van der Waals surface area (Å²) in [6, 6.07) is 14.0. The quantitative estimate of drug-likeness (QED) is 0.579. The van der Waals surface area contributed by atoms with E-state index in [1.165, 1.54) is 5.56 Å². The molecule has 2 aromatic carbocycles. The van der Waals surface area contributed by atoms with Crippen LogP contribution in [-0.2, 0) is 22.4 Å². The van der Waals surface area contributed by atoms with Crippen LogP contribution < -0.4 is 10.6 Å². The number of hydrogen-bond acceptors (Lipinski definition) is 3. The van der Waals surface area contributed by atoms with E-state index in [2.05, 4.69) is 22.5 Å². The van der Waals surface area contributed by atoms with Gasteiger partial charge in [-0.15, -0.1) is 0 Å². The lowest BCUT2D eigenvalue weighted by Gasteiger charge is -2.34. The molecule has 32 heavy (non-hydrogen) atoms. The first-order valence-corrected chi connectivity index (χ1v) is 11.1. The summed E-state index contributed by atoms with van der Waals surface area (Å²) in [7, 11) is 0. The number of para-hydroxylation sites is 1. The first-order valence-electron chi connectivity index (χ1n) is 11.1. The fraction of sp³-hybridized carbons (Fsp3) is 0.320. The van der Waals surface area contributed by atoms with Crippen LogP contribution in [0.15, 0.2) is 54.7 Å². The van der Waals surface area contributed by atoms with Gasteiger partial charge in [0.25, 0.3) is 5.91 Å². The average molecular weight is 431 g/mol. The highest BCUT2D eigenvalue weighted by Crippen LogP contribution is 2.26. The van der Waals surface area contributed by atoms with Crippen LogP contribution in [0.1, 0.15) is 34.8 Å². The molecule has 2 fully saturated rings. The molecule has 3 amide bonds. The topological polar surface area (TPSA) is 94.3 Å². The third-order valence-electron chi connectivity index (χ3n) is 6.56. The molecule has 0 bridgehead atoms. The van der Waals surface area contributed by atoms with Crippen molar-refractivity contribution in [2.24, 2.45) is 0 Å². The molecule has 5 rings (SSSR count). The standard InChI is InChI=1S/C25H26N4O3/c1-2-15-7-9-16(10-8-15)23(30)27-18-12-22-24(31)28-21(25(32)29(22)14-18)11-17-13-26-20-6-4-3-5-19(17)20/h3-10,13,18,21-22,26H,2,11-12,14H2,1H3,(H,27,30)(H,28,31)/t18-,21-,22-/m0/s1. The number of benzene rings is 2. The van der Waals surface area contributed by atoms with Crippen LogP contribution in [0.4, 0.5) is 0 Å². The molecule has 3 N–H and O–H groups in total. The predicted octanol–water partition coefficient (Wildman–Crippen LogP) is 2.17. The summed E-state index contributed by atoms with van der Waals surface area (Å²) < 4.78 is 0. The number of fused-ring (bicyclic) bond motifs is 2. The van der Waals surface area contributed by atoms with Crippen LogP contribution in [0.5, 0.6) is 0 Å². The number of nitrogens with one attached hydrogen (secondary N) is 3. The van der Waals surface area contributed by atoms with Gasteiger partial charge in [-0.25, -0.2) is 0 Å². The molecule has 3 heterocycles. The Hall–Kier alpha value is -3.61. The van der Waals surface area contributed by atoms with Gasteiger partial charge in [0.2, 0.25) is 11.8 Å². The van der Waals surface area contributed by atoms with E-state index in [1.807, 2.05) is 54.7 Å². The van der Waals surface area contributed by atoms with E-state index in [4.69, 9.17) is 0 Å². The van der Waals surface area contributed by atoms with Gasteiger partial charge in [0, 0.05) is 41.7 Å². The fourth-order valence-electron chi connectivity index (χ4n) is 4.78. The van der Waals surface area contributed by atoms with Gasteiger partial charge in [-0.05, 0) is 42.2 Å². The second kappa shape index (κ2) is 8.15. The molecule has 3 atom stereocenters. The second-order valence-electron chi connectivity index (χ2n) is 8.59. The second-order valence-corrected chi connectivity index (χ2v) is 8.59. The Morgan fingerprint density at radius 3 is 2.69 bits per heavy atom. The molecule has 2 aliphatic rings. The number of hydrogen-bond donors (Lipinski definition) is 3. The molecule has 164 valence electrons. The molecule has 0 unspecified atom stereocenters. The molecule has 0 aliphatic carbocycles. The number of piperazine rings is 1. The van der Waals surface area contributed by atoms with E-state index in [9.17, 15) is 14.4 Å². The van der Waals surface area contributed by atoms with Crippen LogP contribution in [0, 0.1) is 0 Å². The summed E-state index contributed by atoms with van der Waals surface area (Å²) in [5.74, 6) is -0.428. The van der Waals surface area contributed by atoms with Crippen LogP contribution in [0.25, 0.3) is 10.9 Å². The van der Waals surface area contributed by atoms with Crippen molar-refractivity contribution >= 4 is 28.6 Å². The lowest BCUT2D eigenvalue weighted by molar-refractivity contribution is -0.146. The molecule has 0 saturated carbocycles. The molecule has 0 radical (unpaired) electrons. The van der Waals surface area contributed by atoms with Crippen molar-refractivity contribution in [2.45, 2.75) is 44.3 Å². The third kappa shape index (κ3) is 3.64. The average Bonchev–Trinajstić information content (AvgIpc) is 3.42. The van der Waals surface area contributed by atoms with E-state index in [0.29, 0.717) is 24.9 Å². The summed E-state index contributed by atoms with van der Waals surface area (Å²) in [5, 5.41) is 6.95. The van der Waals surface area contributed by atoms with E-state index in [1.54, 1.807) is 4.90 Å². The van der Waals surface area contributed by atoms with E-state index >= 15 is 0 Å². The van der Waals surface area contributed by atoms with Gasteiger partial charge in [0.05, 0.1) is 0 Å². The lowest BCUT2D eigenvalue weighted by Crippen LogP contribution is -2.61. The molecule has 2 aliphatic heterocycles. The minimum Gasteiger partial charge on any atom is -0.361 e. The van der Waals surface area contributed by atoms with E-state index in [-0.39, 0.29) is 23.8 Å². The fourth-order valence-corrected chi connectivity index (χ4v) is 4.78. The molecule has 2 saturated heterocycles. The minimum atomic E-state index is -0.603. The zero-order valence-electron chi connectivity index (χ0n) is 17.9. The Kier molecular flexibility index (Phi) is 5.17. The molecule has 1 aromatic heterocycles. The Morgan fingerprint density at radius 1 is 1.12 bits per heavy atom. The zero-order valence-corrected chi connectivity index (χ0v) is 17.9. The number of carbonyl (C=O) groups excluding carboxylic acids is 3. The van der Waals surface area contributed by atoms with Gasteiger partial charge in [-0.3, -0.25) is 14.4 Å². The van der Waals surface area contributed by atoms with Gasteiger partial charge in [-0.1, -0.05) is 37.3 Å². The first kappa shape index (κ1) is 20.3. The highest BCUT2D eigenvalue weighted by Gasteiger charge is 2.46. The van der Waals surface area contributed by atoms with E-state index in [0.717, 1.165) is 22.9 Å². The molecule has 0 spiro atoms. The Bertz CT molecular complexity index is 1180. The minimum absolute atomic E-state index is 0.0936. The molecule has 7 heteroatoms. The van der Waals surface area contributed by atoms with Gasteiger partial charge in [-0.2, -0.15) is 0 Å². The van der Waals surface area contributed by atoms with Gasteiger partial charge in [0.1, 0.15) is 12.1 Å². The van der Waals surface area contributed by atoms with E-state index < -0.39 is 12.1 Å². The molecular formula is C25H26N4O3. The molecule has 3 aromatic rings. The smallest absolute Gasteiger partial charge is 0.251 e. The number of H-pyrrole nitrogens is 1. The van der Waals surface area contributed by atoms with Crippen molar-refractivity contribution in [3.05, 3.63) is 71.4 Å². The highest BCUT2D eigenvalue weighted by molar-refractivity contribution is 5.99. The molecule has 7 nitrogen and oxygen atoms in total. The van der Waals surface area contributed by atoms with Crippen LogP contribution >= 0.6 is 0 Å². The van der Waals surface area contributed by atoms with Crippen molar-refractivity contribution in [1.82, 2.24) is 20.5 Å². The SMILES string of the molecule is CCc1ccc(C(=O)N[C@H]2C[C@H]3C(=O)N[C@@H](Cc4c[nH]c5ccccc45)C(=O)N3C2)cc1. The van der Waals surface area contributed by atoms with Crippen LogP contribution in [0.2, 0.25) is 0 Å². The largest absolute Gasteiger partial charge is 0.361 e. The number of aromatic amines is 1. The Morgan fingerprint density at radius 2 is 1.91 bits per heavy atom. The van der Waals surface area contributed by atoms with Crippen molar-refractivity contribution in [1.29, 1.82) is 0 Å². The van der Waals surface area contributed by atoms with Crippen molar-refractivity contribution < 1.29 is 14.4 Å². The number of aromatic nitrogens is 1. The van der Waals surface area contributed by atoms with Crippen molar-refractivity contribution in [3.8, 4) is 0 Å². The first-order chi connectivity index (χ1) is 15.5. The normalized spacial score (nSPS) is 22.7. The Balaban J connectivity index is 1.27. The zero-order chi connectivity index (χ0) is 22.2. The number of amides is 3. The van der Waals surface area contributed by atoms with Crippen LogP contribution in [0.3, 0.4) is 0 Å². The Labute approximate surface area is 186 Å². The van der Waals surface area contributed by atoms with Crippen molar-refractivity contribution in [3.63, 3.8) is 0 Å². The maximum Gasteiger partial charge on any atom is 0.251 e. The number of carbonyl (C=O) groups is 3. The summed E-state index contributed by atoms with van der Waals surface area (Å²) in [6.45, 7) is 2.41. The highest BCUT2D eigenvalue weighted by atomic mass is 16.2. The lowest BCUT2D eigenvalue weighted by atomic mass is 10.0. The van der Waals surface area contributed by atoms with Gasteiger partial charge < -0.3 is 20.5 Å². The number of rotatable bonds is 5. The predicted molar refractivity (Wildman–Crippen MR) is 121 cm³/mol. The summed E-state index contributed by atoms with van der Waals surface area (Å²) in [4.78, 5) is 43.4. The maximum absolute atomic E-state index is 13.2. The summed E-state index contributed by atoms with van der Waals surface area (Å²) >= 11 is 0.